The maximum Gasteiger partial charge on any atom is 0.255 e. The zero-order valence-electron chi connectivity index (χ0n) is 17.0. The first-order chi connectivity index (χ1) is 14.2. The molecule has 1 aromatic carbocycles. The van der Waals surface area contributed by atoms with Gasteiger partial charge in [0.05, 0.1) is 37.1 Å². The van der Waals surface area contributed by atoms with Gasteiger partial charge in [0.25, 0.3) is 5.91 Å². The van der Waals surface area contributed by atoms with Crippen LogP contribution in [0.3, 0.4) is 0 Å². The lowest BCUT2D eigenvalue weighted by Crippen LogP contribution is -2.31. The fourth-order valence-electron chi connectivity index (χ4n) is 4.01. The molecular weight excluding hydrogens is 366 g/mol. The van der Waals surface area contributed by atoms with Crippen molar-refractivity contribution >= 4 is 11.6 Å². The number of nitrogens with zero attached hydrogens (tertiary/aromatic N) is 2. The normalized spacial score (nSPS) is 16.0. The minimum absolute atomic E-state index is 0.0454. The van der Waals surface area contributed by atoms with Gasteiger partial charge in [-0.15, -0.1) is 0 Å². The summed E-state index contributed by atoms with van der Waals surface area (Å²) in [7, 11) is 1.65. The third-order valence-electron chi connectivity index (χ3n) is 5.47. The molecule has 2 heterocycles. The third-order valence-corrected chi connectivity index (χ3v) is 5.47. The highest BCUT2D eigenvalue weighted by atomic mass is 16.5. The number of hydrogen-bond acceptors (Lipinski definition) is 4. The standard InChI is InChI=1S/C23H27N3O3/c1-16-14-18(15-29-13-12-28-2)24-22-20(10-11-26(16)22)23(27)25-21-9-5-7-17-6-3-4-8-19(17)21/h3-4,6,8,10-11,14,21H,5,7,9,12-13,15H2,1-2H3,(H,25,27). The Kier molecular flexibility index (Phi) is 5.92. The Morgan fingerprint density at radius 3 is 3.00 bits per heavy atom. The second kappa shape index (κ2) is 8.76. The van der Waals surface area contributed by atoms with Gasteiger partial charge in [0.2, 0.25) is 0 Å². The Morgan fingerprint density at radius 1 is 1.28 bits per heavy atom. The van der Waals surface area contributed by atoms with Crippen molar-refractivity contribution in [1.29, 1.82) is 0 Å². The van der Waals surface area contributed by atoms with Crippen molar-refractivity contribution in [2.75, 3.05) is 20.3 Å². The van der Waals surface area contributed by atoms with Gasteiger partial charge in [-0.05, 0) is 49.4 Å². The van der Waals surface area contributed by atoms with Crippen molar-refractivity contribution in [1.82, 2.24) is 14.7 Å². The Bertz CT molecular complexity index is 1010. The summed E-state index contributed by atoms with van der Waals surface area (Å²) in [5.74, 6) is -0.0847. The number of aromatic nitrogens is 2. The second-order valence-corrected chi connectivity index (χ2v) is 7.47. The predicted octanol–water partition coefficient (Wildman–Crippen LogP) is 3.61. The molecule has 1 atom stereocenters. The van der Waals surface area contributed by atoms with Crippen LogP contribution in [0, 0.1) is 6.92 Å². The molecule has 2 aromatic heterocycles. The van der Waals surface area contributed by atoms with Crippen molar-refractivity contribution in [3.63, 3.8) is 0 Å². The summed E-state index contributed by atoms with van der Waals surface area (Å²) in [6, 6.07) is 12.3. The van der Waals surface area contributed by atoms with Gasteiger partial charge in [-0.25, -0.2) is 4.98 Å². The summed E-state index contributed by atoms with van der Waals surface area (Å²) >= 11 is 0. The summed E-state index contributed by atoms with van der Waals surface area (Å²) in [6.07, 6.45) is 5.01. The summed E-state index contributed by atoms with van der Waals surface area (Å²) in [5.41, 5.74) is 5.64. The Labute approximate surface area is 170 Å². The largest absolute Gasteiger partial charge is 0.382 e. The molecule has 1 N–H and O–H groups in total. The molecule has 0 saturated carbocycles. The van der Waals surface area contributed by atoms with Crippen LogP contribution in [-0.4, -0.2) is 35.6 Å². The number of carbonyl (C=O) groups excluding carboxylic acids is 1. The number of fused-ring (bicyclic) bond motifs is 2. The number of ether oxygens (including phenoxy) is 2. The van der Waals surface area contributed by atoms with E-state index in [0.29, 0.717) is 31.0 Å². The predicted molar refractivity (Wildman–Crippen MR) is 111 cm³/mol. The van der Waals surface area contributed by atoms with Gasteiger partial charge < -0.3 is 19.2 Å². The minimum atomic E-state index is -0.0847. The van der Waals surface area contributed by atoms with E-state index in [0.717, 1.165) is 30.7 Å². The smallest absolute Gasteiger partial charge is 0.255 e. The first-order valence-electron chi connectivity index (χ1n) is 10.1. The Balaban J connectivity index is 1.56. The molecule has 1 aliphatic rings. The van der Waals surface area contributed by atoms with Crippen LogP contribution in [0.25, 0.3) is 5.65 Å². The summed E-state index contributed by atoms with van der Waals surface area (Å²) in [6.45, 7) is 3.45. The van der Waals surface area contributed by atoms with E-state index in [1.54, 1.807) is 7.11 Å². The molecule has 152 valence electrons. The van der Waals surface area contributed by atoms with Crippen LogP contribution < -0.4 is 5.32 Å². The number of nitrogens with one attached hydrogen (secondary N) is 1. The number of benzene rings is 1. The van der Waals surface area contributed by atoms with Crippen molar-refractivity contribution in [3.05, 3.63) is 70.7 Å². The molecule has 0 radical (unpaired) electrons. The summed E-state index contributed by atoms with van der Waals surface area (Å²) in [5, 5.41) is 3.23. The lowest BCUT2D eigenvalue weighted by Gasteiger charge is -2.26. The molecule has 6 nitrogen and oxygen atoms in total. The van der Waals surface area contributed by atoms with Crippen LogP contribution in [0.5, 0.6) is 0 Å². The van der Waals surface area contributed by atoms with Crippen LogP contribution in [0.2, 0.25) is 0 Å². The Hall–Kier alpha value is -2.70. The van der Waals surface area contributed by atoms with Crippen molar-refractivity contribution in [2.24, 2.45) is 0 Å². The van der Waals surface area contributed by atoms with Crippen LogP contribution in [0.1, 0.15) is 51.8 Å². The SMILES string of the molecule is COCCOCc1cc(C)n2ccc(C(=O)NC3CCCc4ccccc43)c2n1. The van der Waals surface area contributed by atoms with Crippen molar-refractivity contribution in [3.8, 4) is 0 Å². The van der Waals surface area contributed by atoms with E-state index in [1.807, 2.05) is 35.7 Å². The highest BCUT2D eigenvalue weighted by Crippen LogP contribution is 2.30. The number of hydrogen-bond donors (Lipinski definition) is 1. The van der Waals surface area contributed by atoms with Crippen molar-refractivity contribution < 1.29 is 14.3 Å². The van der Waals surface area contributed by atoms with E-state index in [9.17, 15) is 4.79 Å². The summed E-state index contributed by atoms with van der Waals surface area (Å²) in [4.78, 5) is 17.8. The molecular formula is C23H27N3O3. The first-order valence-corrected chi connectivity index (χ1v) is 10.1. The lowest BCUT2D eigenvalue weighted by atomic mass is 9.87. The lowest BCUT2D eigenvalue weighted by molar-refractivity contribution is 0.0602. The fraction of sp³-hybridized carbons (Fsp3) is 0.391. The highest BCUT2D eigenvalue weighted by Gasteiger charge is 2.23. The van der Waals surface area contributed by atoms with Gasteiger partial charge in [0.1, 0.15) is 5.65 Å². The summed E-state index contributed by atoms with van der Waals surface area (Å²) < 4.78 is 12.6. The van der Waals surface area contributed by atoms with E-state index < -0.39 is 0 Å². The molecule has 3 aromatic rings. The highest BCUT2D eigenvalue weighted by molar-refractivity contribution is 6.00. The molecule has 6 heteroatoms. The van der Waals surface area contributed by atoms with Gasteiger partial charge in [0.15, 0.2) is 0 Å². The van der Waals surface area contributed by atoms with Gasteiger partial charge in [-0.1, -0.05) is 24.3 Å². The third kappa shape index (κ3) is 4.18. The fourth-order valence-corrected chi connectivity index (χ4v) is 4.01. The zero-order chi connectivity index (χ0) is 20.2. The van der Waals surface area contributed by atoms with Crippen LogP contribution >= 0.6 is 0 Å². The van der Waals surface area contributed by atoms with E-state index in [1.165, 1.54) is 11.1 Å². The molecule has 1 aliphatic carbocycles. The average Bonchev–Trinajstić information content (AvgIpc) is 3.16. The van der Waals surface area contributed by atoms with Gasteiger partial charge in [0, 0.05) is 19.0 Å². The number of rotatable bonds is 7. The zero-order valence-corrected chi connectivity index (χ0v) is 17.0. The minimum Gasteiger partial charge on any atom is -0.382 e. The molecule has 0 aliphatic heterocycles. The number of aryl methyl sites for hydroxylation is 2. The van der Waals surface area contributed by atoms with Crippen LogP contribution in [-0.2, 0) is 22.5 Å². The maximum absolute atomic E-state index is 13.1. The van der Waals surface area contributed by atoms with Gasteiger partial charge in [-0.3, -0.25) is 4.79 Å². The molecule has 1 amide bonds. The number of amides is 1. The topological polar surface area (TPSA) is 64.9 Å². The second-order valence-electron chi connectivity index (χ2n) is 7.47. The van der Waals surface area contributed by atoms with E-state index in [2.05, 4.69) is 28.5 Å². The average molecular weight is 393 g/mol. The van der Waals surface area contributed by atoms with Crippen LogP contribution in [0.4, 0.5) is 0 Å². The Morgan fingerprint density at radius 2 is 2.14 bits per heavy atom. The molecule has 4 rings (SSSR count). The van der Waals surface area contributed by atoms with Crippen molar-refractivity contribution in [2.45, 2.75) is 38.8 Å². The first kappa shape index (κ1) is 19.6. The van der Waals surface area contributed by atoms with Gasteiger partial charge in [-0.2, -0.15) is 0 Å². The van der Waals surface area contributed by atoms with E-state index in [-0.39, 0.29) is 11.9 Å². The van der Waals surface area contributed by atoms with Gasteiger partial charge >= 0.3 is 0 Å². The molecule has 0 bridgehead atoms. The van der Waals surface area contributed by atoms with E-state index in [4.69, 9.17) is 9.47 Å². The molecule has 0 fully saturated rings. The molecule has 1 unspecified atom stereocenters. The number of methoxy groups -OCH3 is 1. The quantitative estimate of drug-likeness (QED) is 0.623. The number of carbonyl (C=O) groups is 1. The molecule has 0 spiro atoms. The van der Waals surface area contributed by atoms with Crippen LogP contribution in [0.15, 0.2) is 42.6 Å². The maximum atomic E-state index is 13.1. The monoisotopic (exact) mass is 393 g/mol. The van der Waals surface area contributed by atoms with E-state index >= 15 is 0 Å². The molecule has 0 saturated heterocycles. The molecule has 29 heavy (non-hydrogen) atoms.